The van der Waals surface area contributed by atoms with Crippen molar-refractivity contribution < 1.29 is 13.2 Å². The maximum Gasteiger partial charge on any atom is 0.233 e. The molecular formula is C19H26N4O3S3. The quantitative estimate of drug-likeness (QED) is 0.591. The SMILES string of the molecule is CCc1cccc(CC)c1Nc1nnc(SC(C)C(=O)NC2CCS(=O)(=O)C2)s1. The first kappa shape index (κ1) is 22.0. The molecule has 3 rings (SSSR count). The third kappa shape index (κ3) is 5.70. The third-order valence-electron chi connectivity index (χ3n) is 4.86. The van der Waals surface area contributed by atoms with Crippen LogP contribution in [0.5, 0.6) is 0 Å². The number of sulfone groups is 1. The van der Waals surface area contributed by atoms with Crippen molar-refractivity contribution in [2.75, 3.05) is 16.8 Å². The number of aromatic nitrogens is 2. The predicted octanol–water partition coefficient (Wildman–Crippen LogP) is 3.19. The molecule has 0 aliphatic carbocycles. The summed E-state index contributed by atoms with van der Waals surface area (Å²) in [5.74, 6) is -0.00450. The molecule has 1 aliphatic rings. The van der Waals surface area contributed by atoms with Crippen LogP contribution in [0.15, 0.2) is 22.5 Å². The lowest BCUT2D eigenvalue weighted by Crippen LogP contribution is -2.39. The highest BCUT2D eigenvalue weighted by atomic mass is 32.2. The highest BCUT2D eigenvalue weighted by Gasteiger charge is 2.30. The highest BCUT2D eigenvalue weighted by molar-refractivity contribution is 8.02. The number of hydrogen-bond donors (Lipinski definition) is 2. The standard InChI is InChI=1S/C19H26N4O3S3/c1-4-13-7-6-8-14(5-2)16(13)21-18-22-23-19(28-18)27-12(3)17(24)20-15-9-10-29(25,26)11-15/h6-8,12,15H,4-5,9-11H2,1-3H3,(H,20,24)(H,21,22). The molecule has 2 aromatic rings. The number of amides is 1. The van der Waals surface area contributed by atoms with Gasteiger partial charge in [0.25, 0.3) is 0 Å². The molecule has 0 spiro atoms. The Morgan fingerprint density at radius 2 is 1.97 bits per heavy atom. The summed E-state index contributed by atoms with van der Waals surface area (Å²) in [6.45, 7) is 6.04. The summed E-state index contributed by atoms with van der Waals surface area (Å²) in [7, 11) is -3.01. The average molecular weight is 455 g/mol. The molecule has 1 saturated heterocycles. The number of thioether (sulfide) groups is 1. The van der Waals surface area contributed by atoms with Crippen molar-refractivity contribution in [2.45, 2.75) is 55.7 Å². The van der Waals surface area contributed by atoms with Gasteiger partial charge in [0, 0.05) is 11.7 Å². The molecule has 1 fully saturated rings. The van der Waals surface area contributed by atoms with E-state index in [9.17, 15) is 13.2 Å². The van der Waals surface area contributed by atoms with Gasteiger partial charge in [-0.25, -0.2) is 8.42 Å². The van der Waals surface area contributed by atoms with Crippen LogP contribution in [-0.4, -0.2) is 47.3 Å². The first-order valence-corrected chi connectivity index (χ1v) is 13.2. The van der Waals surface area contributed by atoms with Crippen molar-refractivity contribution in [2.24, 2.45) is 0 Å². The summed E-state index contributed by atoms with van der Waals surface area (Å²) in [6.07, 6.45) is 2.32. The van der Waals surface area contributed by atoms with Gasteiger partial charge in [0.2, 0.25) is 11.0 Å². The van der Waals surface area contributed by atoms with Gasteiger partial charge in [-0.05, 0) is 37.3 Å². The Morgan fingerprint density at radius 1 is 1.28 bits per heavy atom. The van der Waals surface area contributed by atoms with Crippen LogP contribution in [0, 0.1) is 0 Å². The summed E-state index contributed by atoms with van der Waals surface area (Å²) in [5, 5.41) is 15.0. The van der Waals surface area contributed by atoms with Crippen LogP contribution in [-0.2, 0) is 27.5 Å². The molecule has 2 atom stereocenters. The Balaban J connectivity index is 1.61. The van der Waals surface area contributed by atoms with E-state index in [4.69, 9.17) is 0 Å². The minimum Gasteiger partial charge on any atom is -0.351 e. The second-order valence-electron chi connectivity index (χ2n) is 7.03. The van der Waals surface area contributed by atoms with Crippen molar-refractivity contribution in [1.82, 2.24) is 15.5 Å². The summed E-state index contributed by atoms with van der Waals surface area (Å²) < 4.78 is 23.8. The van der Waals surface area contributed by atoms with E-state index in [1.807, 2.05) is 0 Å². The van der Waals surface area contributed by atoms with Crippen LogP contribution in [0.3, 0.4) is 0 Å². The maximum atomic E-state index is 12.4. The Labute approximate surface area is 180 Å². The second-order valence-corrected chi connectivity index (χ2v) is 11.8. The molecule has 0 saturated carbocycles. The van der Waals surface area contributed by atoms with Crippen LogP contribution < -0.4 is 10.6 Å². The van der Waals surface area contributed by atoms with E-state index in [2.05, 4.69) is 52.9 Å². The molecule has 0 bridgehead atoms. The molecule has 10 heteroatoms. The van der Waals surface area contributed by atoms with Crippen molar-refractivity contribution in [3.63, 3.8) is 0 Å². The van der Waals surface area contributed by atoms with E-state index >= 15 is 0 Å². The number of para-hydroxylation sites is 1. The van der Waals surface area contributed by atoms with Crippen LogP contribution in [0.1, 0.15) is 38.3 Å². The highest BCUT2D eigenvalue weighted by Crippen LogP contribution is 2.33. The van der Waals surface area contributed by atoms with Crippen molar-refractivity contribution in [3.05, 3.63) is 29.3 Å². The fourth-order valence-electron chi connectivity index (χ4n) is 3.25. The number of carbonyl (C=O) groups excluding carboxylic acids is 1. The lowest BCUT2D eigenvalue weighted by molar-refractivity contribution is -0.120. The molecule has 2 N–H and O–H groups in total. The van der Waals surface area contributed by atoms with E-state index in [-0.39, 0.29) is 28.7 Å². The minimum atomic E-state index is -3.01. The zero-order chi connectivity index (χ0) is 21.0. The molecule has 2 heterocycles. The number of anilines is 2. The number of rotatable bonds is 8. The van der Waals surface area contributed by atoms with Gasteiger partial charge < -0.3 is 10.6 Å². The van der Waals surface area contributed by atoms with Crippen molar-refractivity contribution >= 4 is 49.7 Å². The van der Waals surface area contributed by atoms with Gasteiger partial charge in [-0.2, -0.15) is 0 Å². The van der Waals surface area contributed by atoms with E-state index < -0.39 is 9.84 Å². The van der Waals surface area contributed by atoms with Crippen LogP contribution in [0.2, 0.25) is 0 Å². The molecule has 158 valence electrons. The van der Waals surface area contributed by atoms with Gasteiger partial charge >= 0.3 is 0 Å². The molecule has 0 radical (unpaired) electrons. The maximum absolute atomic E-state index is 12.4. The molecule has 1 amide bonds. The summed E-state index contributed by atoms with van der Waals surface area (Å²) in [6, 6.07) is 5.99. The predicted molar refractivity (Wildman–Crippen MR) is 119 cm³/mol. The zero-order valence-electron chi connectivity index (χ0n) is 16.8. The van der Waals surface area contributed by atoms with Gasteiger partial charge in [-0.15, -0.1) is 10.2 Å². The van der Waals surface area contributed by atoms with Gasteiger partial charge in [-0.3, -0.25) is 4.79 Å². The number of aryl methyl sites for hydroxylation is 2. The Kier molecular flexibility index (Phi) is 7.18. The smallest absolute Gasteiger partial charge is 0.233 e. The molecular weight excluding hydrogens is 428 g/mol. The zero-order valence-corrected chi connectivity index (χ0v) is 19.2. The van der Waals surface area contributed by atoms with Crippen LogP contribution in [0.25, 0.3) is 0 Å². The fraction of sp³-hybridized carbons (Fsp3) is 0.526. The lowest BCUT2D eigenvalue weighted by Gasteiger charge is -2.14. The molecule has 1 aromatic carbocycles. The van der Waals surface area contributed by atoms with Gasteiger partial charge in [0.05, 0.1) is 16.8 Å². The number of nitrogens with one attached hydrogen (secondary N) is 2. The van der Waals surface area contributed by atoms with E-state index in [1.165, 1.54) is 34.2 Å². The van der Waals surface area contributed by atoms with E-state index in [0.717, 1.165) is 18.5 Å². The van der Waals surface area contributed by atoms with Gasteiger partial charge in [0.1, 0.15) is 0 Å². The van der Waals surface area contributed by atoms with Gasteiger partial charge in [0.15, 0.2) is 14.2 Å². The molecule has 1 aliphatic heterocycles. The Hall–Kier alpha value is -1.65. The van der Waals surface area contributed by atoms with Crippen molar-refractivity contribution in [1.29, 1.82) is 0 Å². The van der Waals surface area contributed by atoms with E-state index in [0.29, 0.717) is 15.9 Å². The van der Waals surface area contributed by atoms with Gasteiger partial charge in [-0.1, -0.05) is 55.1 Å². The Bertz CT molecular complexity index is 953. The van der Waals surface area contributed by atoms with Crippen LogP contribution in [0.4, 0.5) is 10.8 Å². The molecule has 7 nitrogen and oxygen atoms in total. The lowest BCUT2D eigenvalue weighted by atomic mass is 10.0. The monoisotopic (exact) mass is 454 g/mol. The first-order valence-electron chi connectivity index (χ1n) is 9.70. The van der Waals surface area contributed by atoms with Crippen molar-refractivity contribution in [3.8, 4) is 0 Å². The molecule has 2 unspecified atom stereocenters. The second kappa shape index (κ2) is 9.44. The summed E-state index contributed by atoms with van der Waals surface area (Å²) in [4.78, 5) is 12.4. The minimum absolute atomic E-state index is 0.0274. The third-order valence-corrected chi connectivity index (χ3v) is 8.65. The topological polar surface area (TPSA) is 101 Å². The number of benzene rings is 1. The molecule has 29 heavy (non-hydrogen) atoms. The summed E-state index contributed by atoms with van der Waals surface area (Å²) in [5.41, 5.74) is 3.54. The van der Waals surface area contributed by atoms with E-state index in [1.54, 1.807) is 6.92 Å². The Morgan fingerprint density at radius 3 is 2.55 bits per heavy atom. The number of nitrogens with zero attached hydrogens (tertiary/aromatic N) is 2. The average Bonchev–Trinajstić information content (AvgIpc) is 3.27. The summed E-state index contributed by atoms with van der Waals surface area (Å²) >= 11 is 2.74. The largest absolute Gasteiger partial charge is 0.351 e. The number of carbonyl (C=O) groups is 1. The first-order chi connectivity index (χ1) is 13.8. The normalized spacial score (nSPS) is 19.1. The molecule has 1 aromatic heterocycles. The van der Waals surface area contributed by atoms with Crippen LogP contribution >= 0.6 is 23.1 Å². The number of hydrogen-bond acceptors (Lipinski definition) is 8. The fourth-order valence-corrected chi connectivity index (χ4v) is 6.83.